The molecular weight excluding hydrogens is 260 g/mol. The van der Waals surface area contributed by atoms with Crippen molar-refractivity contribution < 1.29 is 0 Å². The number of nitrogen functional groups attached to an aromatic ring is 3. The van der Waals surface area contributed by atoms with E-state index < -0.39 is 0 Å². The zero-order valence-electron chi connectivity index (χ0n) is 10.8. The van der Waals surface area contributed by atoms with E-state index in [9.17, 15) is 0 Å². The Hall–Kier alpha value is -1.91. The van der Waals surface area contributed by atoms with Gasteiger partial charge in [0.1, 0.15) is 0 Å². The molecule has 0 amide bonds. The summed E-state index contributed by atoms with van der Waals surface area (Å²) >= 11 is 0. The normalized spacial score (nSPS) is 10.0. The number of benzene rings is 2. The minimum atomic E-state index is 0. The van der Waals surface area contributed by atoms with Crippen molar-refractivity contribution in [1.82, 2.24) is 0 Å². The summed E-state index contributed by atoms with van der Waals surface area (Å²) in [5.74, 6) is 0. The predicted octanol–water partition coefficient (Wildman–Crippen LogP) is 2.29. The summed E-state index contributed by atoms with van der Waals surface area (Å²) in [5.41, 5.74) is 29.2. The highest BCUT2D eigenvalue weighted by atomic mass is 35.5. The van der Waals surface area contributed by atoms with Gasteiger partial charge in [-0.2, -0.15) is 0 Å². The van der Waals surface area contributed by atoms with Crippen LogP contribution >= 0.6 is 12.4 Å². The maximum atomic E-state index is 5.97. The van der Waals surface area contributed by atoms with E-state index in [0.717, 1.165) is 27.9 Å². The topological polar surface area (TPSA) is 104 Å². The lowest BCUT2D eigenvalue weighted by Crippen LogP contribution is -2.06. The Morgan fingerprint density at radius 3 is 2.00 bits per heavy atom. The molecule has 0 aliphatic heterocycles. The van der Waals surface area contributed by atoms with E-state index in [0.29, 0.717) is 17.9 Å². The van der Waals surface area contributed by atoms with Crippen LogP contribution in [0.1, 0.15) is 11.1 Å². The first-order chi connectivity index (χ1) is 8.52. The van der Waals surface area contributed by atoms with E-state index in [1.54, 1.807) is 0 Å². The molecule has 0 bridgehead atoms. The van der Waals surface area contributed by atoms with Gasteiger partial charge in [0, 0.05) is 29.2 Å². The Morgan fingerprint density at radius 2 is 1.53 bits per heavy atom. The highest BCUT2D eigenvalue weighted by Gasteiger charge is 2.08. The first-order valence-corrected chi connectivity index (χ1v) is 5.77. The minimum Gasteiger partial charge on any atom is -0.399 e. The van der Waals surface area contributed by atoms with Crippen molar-refractivity contribution in [3.05, 3.63) is 41.5 Å². The van der Waals surface area contributed by atoms with Gasteiger partial charge in [-0.15, -0.1) is 12.4 Å². The third-order valence-corrected chi connectivity index (χ3v) is 3.08. The first kappa shape index (κ1) is 15.1. The van der Waals surface area contributed by atoms with Crippen molar-refractivity contribution in [2.75, 3.05) is 17.2 Å². The van der Waals surface area contributed by atoms with Crippen LogP contribution in [0.3, 0.4) is 0 Å². The van der Waals surface area contributed by atoms with Gasteiger partial charge in [0.2, 0.25) is 0 Å². The second kappa shape index (κ2) is 5.82. The molecule has 0 saturated heterocycles. The van der Waals surface area contributed by atoms with Crippen molar-refractivity contribution in [2.45, 2.75) is 13.5 Å². The first-order valence-electron chi connectivity index (χ1n) is 5.77. The summed E-state index contributed by atoms with van der Waals surface area (Å²) in [6.45, 7) is 2.35. The largest absolute Gasteiger partial charge is 0.399 e. The molecule has 0 fully saturated rings. The van der Waals surface area contributed by atoms with E-state index >= 15 is 0 Å². The fraction of sp³-hybridized carbons (Fsp3) is 0.143. The Kier molecular flexibility index (Phi) is 4.64. The highest BCUT2D eigenvalue weighted by Crippen LogP contribution is 2.31. The van der Waals surface area contributed by atoms with Gasteiger partial charge in [0.05, 0.1) is 0 Å². The van der Waals surface area contributed by atoms with E-state index in [-0.39, 0.29) is 12.4 Å². The molecule has 0 unspecified atom stereocenters. The predicted molar refractivity (Wildman–Crippen MR) is 85.0 cm³/mol. The van der Waals surface area contributed by atoms with Crippen LogP contribution in [-0.4, -0.2) is 0 Å². The molecule has 2 rings (SSSR count). The van der Waals surface area contributed by atoms with Gasteiger partial charge in [-0.3, -0.25) is 0 Å². The maximum absolute atomic E-state index is 5.97. The molecule has 0 aromatic heterocycles. The summed E-state index contributed by atoms with van der Waals surface area (Å²) in [4.78, 5) is 0. The second-order valence-electron chi connectivity index (χ2n) is 4.41. The molecule has 0 heterocycles. The average molecular weight is 279 g/mol. The number of hydrogen-bond donors (Lipinski definition) is 4. The third kappa shape index (κ3) is 2.92. The molecule has 0 radical (unpaired) electrons. The molecule has 8 N–H and O–H groups in total. The van der Waals surface area contributed by atoms with Crippen LogP contribution < -0.4 is 22.9 Å². The van der Waals surface area contributed by atoms with Gasteiger partial charge in [-0.25, -0.2) is 0 Å². The zero-order valence-corrected chi connectivity index (χ0v) is 11.6. The maximum Gasteiger partial charge on any atom is 0.0386 e. The van der Waals surface area contributed by atoms with Crippen molar-refractivity contribution >= 4 is 29.5 Å². The SMILES string of the molecule is Cc1cc(N)ccc1-c1cc(N)c(CN)c(N)c1.Cl. The standard InChI is InChI=1S/C14H18N4.ClH/c1-8-4-10(16)2-3-11(8)9-5-13(17)12(7-15)14(18)6-9;/h2-6H,7,15-18H2,1H3;1H. The molecular formula is C14H19ClN4. The van der Waals surface area contributed by atoms with Gasteiger partial charge >= 0.3 is 0 Å². The second-order valence-corrected chi connectivity index (χ2v) is 4.41. The molecule has 0 saturated carbocycles. The van der Waals surface area contributed by atoms with E-state index in [1.807, 2.05) is 37.3 Å². The van der Waals surface area contributed by atoms with Crippen LogP contribution in [0, 0.1) is 6.92 Å². The molecule has 0 aliphatic rings. The van der Waals surface area contributed by atoms with E-state index in [1.165, 1.54) is 0 Å². The lowest BCUT2D eigenvalue weighted by molar-refractivity contribution is 1.08. The van der Waals surface area contributed by atoms with Gasteiger partial charge in [0.25, 0.3) is 0 Å². The van der Waals surface area contributed by atoms with Crippen molar-refractivity contribution in [2.24, 2.45) is 5.73 Å². The summed E-state index contributed by atoms with van der Waals surface area (Å²) in [6.07, 6.45) is 0. The number of aryl methyl sites for hydroxylation is 1. The van der Waals surface area contributed by atoms with Crippen LogP contribution in [0.4, 0.5) is 17.1 Å². The van der Waals surface area contributed by atoms with Crippen molar-refractivity contribution in [3.63, 3.8) is 0 Å². The fourth-order valence-corrected chi connectivity index (χ4v) is 2.12. The van der Waals surface area contributed by atoms with E-state index in [4.69, 9.17) is 22.9 Å². The lowest BCUT2D eigenvalue weighted by Gasteiger charge is -2.12. The molecule has 2 aromatic carbocycles. The number of halogens is 1. The van der Waals surface area contributed by atoms with E-state index in [2.05, 4.69) is 0 Å². The van der Waals surface area contributed by atoms with Crippen LogP contribution in [0.5, 0.6) is 0 Å². The van der Waals surface area contributed by atoms with Gasteiger partial charge < -0.3 is 22.9 Å². The molecule has 0 spiro atoms. The smallest absolute Gasteiger partial charge is 0.0386 e. The number of rotatable bonds is 2. The minimum absolute atomic E-state index is 0. The lowest BCUT2D eigenvalue weighted by atomic mass is 9.97. The molecule has 102 valence electrons. The van der Waals surface area contributed by atoms with Crippen LogP contribution in [0.2, 0.25) is 0 Å². The number of anilines is 3. The fourth-order valence-electron chi connectivity index (χ4n) is 2.12. The Labute approximate surface area is 119 Å². The Bertz CT molecular complexity index is 573. The zero-order chi connectivity index (χ0) is 13.3. The van der Waals surface area contributed by atoms with Gasteiger partial charge in [0.15, 0.2) is 0 Å². The van der Waals surface area contributed by atoms with Crippen LogP contribution in [-0.2, 0) is 6.54 Å². The average Bonchev–Trinajstić information content (AvgIpc) is 2.28. The van der Waals surface area contributed by atoms with Gasteiger partial charge in [-0.05, 0) is 47.9 Å². The Balaban J connectivity index is 0.00000180. The summed E-state index contributed by atoms with van der Waals surface area (Å²) < 4.78 is 0. The number of nitrogens with two attached hydrogens (primary N) is 4. The molecule has 0 atom stereocenters. The third-order valence-electron chi connectivity index (χ3n) is 3.08. The highest BCUT2D eigenvalue weighted by molar-refractivity contribution is 5.85. The molecule has 2 aromatic rings. The molecule has 0 aliphatic carbocycles. The molecule has 19 heavy (non-hydrogen) atoms. The quantitative estimate of drug-likeness (QED) is 0.633. The Morgan fingerprint density at radius 1 is 0.947 bits per heavy atom. The van der Waals surface area contributed by atoms with Crippen molar-refractivity contribution in [3.8, 4) is 11.1 Å². The molecule has 5 heteroatoms. The van der Waals surface area contributed by atoms with Crippen LogP contribution in [0.15, 0.2) is 30.3 Å². The summed E-state index contributed by atoms with van der Waals surface area (Å²) in [7, 11) is 0. The summed E-state index contributed by atoms with van der Waals surface area (Å²) in [5, 5.41) is 0. The van der Waals surface area contributed by atoms with Crippen LogP contribution in [0.25, 0.3) is 11.1 Å². The summed E-state index contributed by atoms with van der Waals surface area (Å²) in [6, 6.07) is 9.57. The van der Waals surface area contributed by atoms with Crippen molar-refractivity contribution in [1.29, 1.82) is 0 Å². The van der Waals surface area contributed by atoms with Gasteiger partial charge in [-0.1, -0.05) is 6.07 Å². The molecule has 4 nitrogen and oxygen atoms in total. The number of hydrogen-bond acceptors (Lipinski definition) is 4. The monoisotopic (exact) mass is 278 g/mol.